The van der Waals surface area contributed by atoms with Crippen molar-refractivity contribution in [3.63, 3.8) is 0 Å². The van der Waals surface area contributed by atoms with Crippen molar-refractivity contribution in [3.8, 4) is 0 Å². The molecule has 0 unspecified atom stereocenters. The Morgan fingerprint density at radius 2 is 2.12 bits per heavy atom. The molecule has 1 aromatic heterocycles. The Balaban J connectivity index is 3.16. The summed E-state index contributed by atoms with van der Waals surface area (Å²) in [7, 11) is -0.747. The maximum atomic E-state index is 11.6. The van der Waals surface area contributed by atoms with Gasteiger partial charge in [-0.2, -0.15) is 8.42 Å². The van der Waals surface area contributed by atoms with Crippen LogP contribution in [0.25, 0.3) is 0 Å². The summed E-state index contributed by atoms with van der Waals surface area (Å²) in [4.78, 5) is 14.4. The van der Waals surface area contributed by atoms with Crippen LogP contribution in [0.3, 0.4) is 0 Å². The third kappa shape index (κ3) is 3.48. The van der Waals surface area contributed by atoms with E-state index in [1.165, 1.54) is 4.90 Å². The van der Waals surface area contributed by atoms with E-state index in [1.54, 1.807) is 14.1 Å². The average molecular weight is 258 g/mol. The van der Waals surface area contributed by atoms with Crippen LogP contribution in [0.1, 0.15) is 0 Å². The van der Waals surface area contributed by atoms with Gasteiger partial charge in [0.25, 0.3) is 15.7 Å². The van der Waals surface area contributed by atoms with E-state index in [0.29, 0.717) is 0 Å². The standard InChI is InChI=1S/C8H10N4O4S/c1-11(2)6-10-17(15,16)8-3-7(12(13)14)4-9-5-8/h3-6H,1-2H3. The fraction of sp³-hybridized carbons (Fsp3) is 0.250. The molecule has 0 aliphatic heterocycles. The second-order valence-corrected chi connectivity index (χ2v) is 4.93. The van der Waals surface area contributed by atoms with Gasteiger partial charge in [-0.25, -0.2) is 0 Å². The Kier molecular flexibility index (Phi) is 3.73. The van der Waals surface area contributed by atoms with Gasteiger partial charge in [0.15, 0.2) is 0 Å². The van der Waals surface area contributed by atoms with E-state index >= 15 is 0 Å². The molecular weight excluding hydrogens is 248 g/mol. The highest BCUT2D eigenvalue weighted by molar-refractivity contribution is 7.90. The summed E-state index contributed by atoms with van der Waals surface area (Å²) in [6, 6.07) is 0.912. The number of sulfonamides is 1. The van der Waals surface area contributed by atoms with Gasteiger partial charge in [-0.3, -0.25) is 15.1 Å². The third-order valence-corrected chi connectivity index (χ3v) is 2.82. The maximum absolute atomic E-state index is 11.6. The maximum Gasteiger partial charge on any atom is 0.288 e. The van der Waals surface area contributed by atoms with Gasteiger partial charge >= 0.3 is 0 Å². The van der Waals surface area contributed by atoms with E-state index in [1.807, 2.05) is 0 Å². The summed E-state index contributed by atoms with van der Waals surface area (Å²) in [5.74, 6) is 0. The van der Waals surface area contributed by atoms with Crippen molar-refractivity contribution < 1.29 is 13.3 Å². The molecule has 0 radical (unpaired) electrons. The molecule has 17 heavy (non-hydrogen) atoms. The Morgan fingerprint density at radius 3 is 2.65 bits per heavy atom. The Morgan fingerprint density at radius 1 is 1.47 bits per heavy atom. The molecule has 1 aromatic rings. The lowest BCUT2D eigenvalue weighted by Gasteiger charge is -2.02. The van der Waals surface area contributed by atoms with Crippen molar-refractivity contribution >= 4 is 22.0 Å². The van der Waals surface area contributed by atoms with Crippen LogP contribution in [-0.2, 0) is 10.0 Å². The molecule has 0 saturated heterocycles. The number of hydrogen-bond acceptors (Lipinski definition) is 5. The first kappa shape index (κ1) is 13.0. The molecule has 0 bridgehead atoms. The predicted octanol–water partition coefficient (Wildman–Crippen LogP) is 0.268. The SMILES string of the molecule is CN(C)C=NS(=O)(=O)c1cncc([N+](=O)[O-])c1. The highest BCUT2D eigenvalue weighted by Crippen LogP contribution is 2.16. The zero-order chi connectivity index (χ0) is 13.1. The van der Waals surface area contributed by atoms with E-state index < -0.39 is 20.6 Å². The predicted molar refractivity (Wildman–Crippen MR) is 60.3 cm³/mol. The molecular formula is C8H10N4O4S. The molecule has 0 aliphatic carbocycles. The van der Waals surface area contributed by atoms with Crippen LogP contribution in [0.4, 0.5) is 5.69 Å². The van der Waals surface area contributed by atoms with Crippen LogP contribution < -0.4 is 0 Å². The number of hydrogen-bond donors (Lipinski definition) is 0. The summed E-state index contributed by atoms with van der Waals surface area (Å²) in [5.41, 5.74) is -0.397. The molecule has 0 fully saturated rings. The lowest BCUT2D eigenvalue weighted by molar-refractivity contribution is -0.385. The molecule has 1 rings (SSSR count). The van der Waals surface area contributed by atoms with Gasteiger partial charge in [-0.05, 0) is 0 Å². The number of nitrogens with zero attached hydrogens (tertiary/aromatic N) is 4. The summed E-state index contributed by atoms with van der Waals surface area (Å²) in [5, 5.41) is 10.5. The molecule has 0 N–H and O–H groups in total. The lowest BCUT2D eigenvalue weighted by atomic mass is 10.4. The highest BCUT2D eigenvalue weighted by atomic mass is 32.2. The van der Waals surface area contributed by atoms with Crippen LogP contribution >= 0.6 is 0 Å². The van der Waals surface area contributed by atoms with Crippen LogP contribution in [0.2, 0.25) is 0 Å². The van der Waals surface area contributed by atoms with Crippen molar-refractivity contribution in [1.29, 1.82) is 0 Å². The summed E-state index contributed by atoms with van der Waals surface area (Å²) >= 11 is 0. The summed E-state index contributed by atoms with van der Waals surface area (Å²) < 4.78 is 26.6. The van der Waals surface area contributed by atoms with Gasteiger partial charge in [0.1, 0.15) is 17.4 Å². The molecule has 0 saturated carbocycles. The lowest BCUT2D eigenvalue weighted by Crippen LogP contribution is -2.10. The summed E-state index contributed by atoms with van der Waals surface area (Å²) in [6.07, 6.45) is 3.07. The Bertz CT molecular complexity index is 552. The normalized spacial score (nSPS) is 11.6. The van der Waals surface area contributed by atoms with Gasteiger partial charge in [-0.15, -0.1) is 4.40 Å². The van der Waals surface area contributed by atoms with Crippen LogP contribution in [0, 0.1) is 10.1 Å². The fourth-order valence-electron chi connectivity index (χ4n) is 0.865. The molecule has 0 atom stereocenters. The van der Waals surface area contributed by atoms with Crippen LogP contribution in [0.5, 0.6) is 0 Å². The first-order valence-electron chi connectivity index (χ1n) is 4.39. The van der Waals surface area contributed by atoms with Crippen molar-refractivity contribution in [3.05, 3.63) is 28.6 Å². The number of aromatic nitrogens is 1. The number of rotatable bonds is 4. The van der Waals surface area contributed by atoms with E-state index in [4.69, 9.17) is 0 Å². The Labute approximate surface area is 97.8 Å². The van der Waals surface area contributed by atoms with Crippen molar-refractivity contribution in [2.75, 3.05) is 14.1 Å². The van der Waals surface area contributed by atoms with Gasteiger partial charge in [0.2, 0.25) is 0 Å². The first-order chi connectivity index (χ1) is 7.83. The fourth-order valence-corrected chi connectivity index (χ4v) is 1.76. The largest absolute Gasteiger partial charge is 0.368 e. The molecule has 1 heterocycles. The molecule has 92 valence electrons. The van der Waals surface area contributed by atoms with Gasteiger partial charge in [0.05, 0.1) is 4.92 Å². The molecule has 0 aromatic carbocycles. The molecule has 0 aliphatic rings. The summed E-state index contributed by atoms with van der Waals surface area (Å²) in [6.45, 7) is 0. The average Bonchev–Trinajstić information content (AvgIpc) is 2.27. The number of pyridine rings is 1. The van der Waals surface area contributed by atoms with Crippen molar-refractivity contribution in [2.24, 2.45) is 4.40 Å². The van der Waals surface area contributed by atoms with Gasteiger partial charge in [-0.1, -0.05) is 0 Å². The molecule has 0 spiro atoms. The quantitative estimate of drug-likeness (QED) is 0.332. The zero-order valence-electron chi connectivity index (χ0n) is 9.14. The smallest absolute Gasteiger partial charge is 0.288 e. The molecule has 0 amide bonds. The van der Waals surface area contributed by atoms with E-state index in [-0.39, 0.29) is 4.90 Å². The van der Waals surface area contributed by atoms with Crippen LogP contribution in [0.15, 0.2) is 27.8 Å². The zero-order valence-corrected chi connectivity index (χ0v) is 9.96. The van der Waals surface area contributed by atoms with Gasteiger partial charge in [0, 0.05) is 26.4 Å². The molecule has 9 heteroatoms. The monoisotopic (exact) mass is 258 g/mol. The van der Waals surface area contributed by atoms with E-state index in [2.05, 4.69) is 9.38 Å². The van der Waals surface area contributed by atoms with Crippen LogP contribution in [-0.4, -0.2) is 43.7 Å². The van der Waals surface area contributed by atoms with E-state index in [0.717, 1.165) is 24.8 Å². The van der Waals surface area contributed by atoms with Crippen molar-refractivity contribution in [2.45, 2.75) is 4.90 Å². The highest BCUT2D eigenvalue weighted by Gasteiger charge is 2.16. The van der Waals surface area contributed by atoms with Crippen molar-refractivity contribution in [1.82, 2.24) is 9.88 Å². The minimum Gasteiger partial charge on any atom is -0.368 e. The third-order valence-electron chi connectivity index (χ3n) is 1.62. The second-order valence-electron chi connectivity index (χ2n) is 3.30. The minimum absolute atomic E-state index is 0.315. The number of nitro groups is 1. The van der Waals surface area contributed by atoms with Gasteiger partial charge < -0.3 is 4.90 Å². The topological polar surface area (TPSA) is 106 Å². The molecule has 8 nitrogen and oxygen atoms in total. The van der Waals surface area contributed by atoms with E-state index in [9.17, 15) is 18.5 Å². The Hall–Kier alpha value is -2.03. The first-order valence-corrected chi connectivity index (χ1v) is 5.83. The minimum atomic E-state index is -3.95. The second kappa shape index (κ2) is 4.87.